The van der Waals surface area contributed by atoms with E-state index in [2.05, 4.69) is 15.6 Å². The maximum atomic E-state index is 12.6. The average molecular weight is 220 g/mol. The van der Waals surface area contributed by atoms with E-state index < -0.39 is 0 Å². The molecule has 0 fully saturated rings. The van der Waals surface area contributed by atoms with Crippen molar-refractivity contribution in [2.45, 2.75) is 13.1 Å². The van der Waals surface area contributed by atoms with Crippen LogP contribution in [-0.2, 0) is 20.1 Å². The fourth-order valence-electron chi connectivity index (χ4n) is 1.41. The van der Waals surface area contributed by atoms with Crippen molar-refractivity contribution < 1.29 is 4.39 Å². The van der Waals surface area contributed by atoms with Crippen LogP contribution in [0.4, 0.5) is 4.39 Å². The standard InChI is InChI=1S/C11H13FN4/c1-16-11(8-14-15-16)7-13-6-9-2-4-10(12)5-3-9/h2-5,8,13H,6-7H2,1H3. The van der Waals surface area contributed by atoms with Gasteiger partial charge in [-0.15, -0.1) is 5.10 Å². The molecule has 1 aromatic carbocycles. The number of rotatable bonds is 4. The summed E-state index contributed by atoms with van der Waals surface area (Å²) in [5, 5.41) is 10.9. The highest BCUT2D eigenvalue weighted by molar-refractivity contribution is 5.15. The maximum Gasteiger partial charge on any atom is 0.123 e. The van der Waals surface area contributed by atoms with Gasteiger partial charge in [-0.1, -0.05) is 17.3 Å². The number of benzene rings is 1. The quantitative estimate of drug-likeness (QED) is 0.843. The number of hydrogen-bond donors (Lipinski definition) is 1. The minimum absolute atomic E-state index is 0.209. The van der Waals surface area contributed by atoms with Crippen molar-refractivity contribution in [3.8, 4) is 0 Å². The fourth-order valence-corrected chi connectivity index (χ4v) is 1.41. The van der Waals surface area contributed by atoms with Gasteiger partial charge in [-0.3, -0.25) is 4.68 Å². The Morgan fingerprint density at radius 3 is 2.62 bits per heavy atom. The van der Waals surface area contributed by atoms with Gasteiger partial charge in [0, 0.05) is 20.1 Å². The largest absolute Gasteiger partial charge is 0.307 e. The molecule has 1 aromatic heterocycles. The first kappa shape index (κ1) is 10.8. The number of nitrogens with zero attached hydrogens (tertiary/aromatic N) is 3. The van der Waals surface area contributed by atoms with Crippen molar-refractivity contribution in [2.75, 3.05) is 0 Å². The zero-order valence-electron chi connectivity index (χ0n) is 9.02. The van der Waals surface area contributed by atoms with Crippen molar-refractivity contribution in [1.29, 1.82) is 0 Å². The minimum Gasteiger partial charge on any atom is -0.307 e. The molecule has 2 aromatic rings. The van der Waals surface area contributed by atoms with Crippen LogP contribution in [0.5, 0.6) is 0 Å². The molecule has 0 unspecified atom stereocenters. The molecule has 0 aliphatic carbocycles. The summed E-state index contributed by atoms with van der Waals surface area (Å²) in [6.45, 7) is 1.40. The zero-order valence-corrected chi connectivity index (χ0v) is 9.02. The minimum atomic E-state index is -0.209. The van der Waals surface area contributed by atoms with Crippen molar-refractivity contribution in [3.63, 3.8) is 0 Å². The second-order valence-electron chi connectivity index (χ2n) is 3.58. The van der Waals surface area contributed by atoms with Crippen molar-refractivity contribution in [1.82, 2.24) is 20.3 Å². The van der Waals surface area contributed by atoms with Gasteiger partial charge in [-0.05, 0) is 17.7 Å². The van der Waals surface area contributed by atoms with E-state index in [0.717, 1.165) is 11.3 Å². The molecule has 16 heavy (non-hydrogen) atoms. The van der Waals surface area contributed by atoms with Crippen LogP contribution < -0.4 is 5.32 Å². The third kappa shape index (κ3) is 2.64. The summed E-state index contributed by atoms with van der Waals surface area (Å²) in [5.41, 5.74) is 2.07. The summed E-state index contributed by atoms with van der Waals surface area (Å²) in [7, 11) is 1.85. The predicted octanol–water partition coefficient (Wildman–Crippen LogP) is 1.24. The van der Waals surface area contributed by atoms with Gasteiger partial charge in [-0.2, -0.15) is 0 Å². The molecule has 0 aliphatic heterocycles. The van der Waals surface area contributed by atoms with Crippen LogP contribution in [0.1, 0.15) is 11.3 Å². The highest BCUT2D eigenvalue weighted by Gasteiger charge is 1.99. The van der Waals surface area contributed by atoms with Gasteiger partial charge in [0.05, 0.1) is 11.9 Å². The molecular weight excluding hydrogens is 207 g/mol. The van der Waals surface area contributed by atoms with Crippen LogP contribution in [0.2, 0.25) is 0 Å². The highest BCUT2D eigenvalue weighted by atomic mass is 19.1. The van der Waals surface area contributed by atoms with E-state index in [1.165, 1.54) is 12.1 Å². The van der Waals surface area contributed by atoms with Gasteiger partial charge in [-0.25, -0.2) is 4.39 Å². The summed E-state index contributed by atoms with van der Waals surface area (Å²) < 4.78 is 14.4. The number of halogens is 1. The number of nitrogens with one attached hydrogen (secondary N) is 1. The third-order valence-corrected chi connectivity index (χ3v) is 2.36. The van der Waals surface area contributed by atoms with E-state index in [4.69, 9.17) is 0 Å². The Morgan fingerprint density at radius 1 is 1.25 bits per heavy atom. The van der Waals surface area contributed by atoms with Crippen molar-refractivity contribution in [3.05, 3.63) is 47.5 Å². The fraction of sp³-hybridized carbons (Fsp3) is 0.273. The lowest BCUT2D eigenvalue weighted by molar-refractivity contribution is 0.611. The van der Waals surface area contributed by atoms with E-state index in [-0.39, 0.29) is 5.82 Å². The monoisotopic (exact) mass is 220 g/mol. The van der Waals surface area contributed by atoms with E-state index in [0.29, 0.717) is 13.1 Å². The Bertz CT molecular complexity index is 449. The molecular formula is C11H13FN4. The second kappa shape index (κ2) is 4.85. The lowest BCUT2D eigenvalue weighted by Crippen LogP contribution is -2.15. The first-order chi connectivity index (χ1) is 7.75. The lowest BCUT2D eigenvalue weighted by atomic mass is 10.2. The van der Waals surface area contributed by atoms with Crippen molar-refractivity contribution in [2.24, 2.45) is 7.05 Å². The normalized spacial score (nSPS) is 10.6. The molecule has 0 aliphatic rings. The Morgan fingerprint density at radius 2 is 2.00 bits per heavy atom. The third-order valence-electron chi connectivity index (χ3n) is 2.36. The molecule has 4 nitrogen and oxygen atoms in total. The summed E-state index contributed by atoms with van der Waals surface area (Å²) in [4.78, 5) is 0. The van der Waals surface area contributed by atoms with E-state index in [1.54, 1.807) is 23.0 Å². The predicted molar refractivity (Wildman–Crippen MR) is 57.9 cm³/mol. The molecule has 0 saturated carbocycles. The SMILES string of the molecule is Cn1nncc1CNCc1ccc(F)cc1. The maximum absolute atomic E-state index is 12.6. The van der Waals surface area contributed by atoms with Gasteiger partial charge in [0.2, 0.25) is 0 Å². The smallest absolute Gasteiger partial charge is 0.123 e. The lowest BCUT2D eigenvalue weighted by Gasteiger charge is -2.04. The molecule has 0 spiro atoms. The Kier molecular flexibility index (Phi) is 3.26. The molecule has 0 amide bonds. The zero-order chi connectivity index (χ0) is 11.4. The first-order valence-electron chi connectivity index (χ1n) is 5.04. The first-order valence-corrected chi connectivity index (χ1v) is 5.04. The average Bonchev–Trinajstić information content (AvgIpc) is 2.68. The van der Waals surface area contributed by atoms with E-state index in [9.17, 15) is 4.39 Å². The van der Waals surface area contributed by atoms with Gasteiger partial charge in [0.15, 0.2) is 0 Å². The van der Waals surface area contributed by atoms with Crippen molar-refractivity contribution >= 4 is 0 Å². The van der Waals surface area contributed by atoms with Gasteiger partial charge in [0.1, 0.15) is 5.82 Å². The van der Waals surface area contributed by atoms with E-state index >= 15 is 0 Å². The Labute approximate surface area is 93.1 Å². The topological polar surface area (TPSA) is 42.7 Å². The van der Waals surface area contributed by atoms with Crippen LogP contribution in [0.15, 0.2) is 30.5 Å². The molecule has 1 N–H and O–H groups in total. The van der Waals surface area contributed by atoms with Gasteiger partial charge in [0.25, 0.3) is 0 Å². The van der Waals surface area contributed by atoms with Crippen LogP contribution in [0.3, 0.4) is 0 Å². The number of aryl methyl sites for hydroxylation is 1. The molecule has 0 radical (unpaired) electrons. The molecule has 1 heterocycles. The highest BCUT2D eigenvalue weighted by Crippen LogP contribution is 2.02. The van der Waals surface area contributed by atoms with E-state index in [1.807, 2.05) is 7.05 Å². The molecule has 0 atom stereocenters. The van der Waals surface area contributed by atoms with Crippen LogP contribution in [-0.4, -0.2) is 15.0 Å². The van der Waals surface area contributed by atoms with Crippen LogP contribution >= 0.6 is 0 Å². The molecule has 2 rings (SSSR count). The van der Waals surface area contributed by atoms with Gasteiger partial charge < -0.3 is 5.32 Å². The molecule has 84 valence electrons. The number of aromatic nitrogens is 3. The summed E-state index contributed by atoms with van der Waals surface area (Å²) in [5.74, 6) is -0.209. The van der Waals surface area contributed by atoms with Crippen LogP contribution in [0, 0.1) is 5.82 Å². The summed E-state index contributed by atoms with van der Waals surface area (Å²) in [6, 6.07) is 6.46. The molecule has 0 saturated heterocycles. The molecule has 5 heteroatoms. The summed E-state index contributed by atoms with van der Waals surface area (Å²) >= 11 is 0. The second-order valence-corrected chi connectivity index (χ2v) is 3.58. The Balaban J connectivity index is 1.84. The summed E-state index contributed by atoms with van der Waals surface area (Å²) in [6.07, 6.45) is 1.72. The Hall–Kier alpha value is -1.75. The number of hydrogen-bond acceptors (Lipinski definition) is 3. The molecule has 0 bridgehead atoms. The van der Waals surface area contributed by atoms with Crippen LogP contribution in [0.25, 0.3) is 0 Å². The van der Waals surface area contributed by atoms with Gasteiger partial charge >= 0.3 is 0 Å².